The van der Waals surface area contributed by atoms with Gasteiger partial charge in [-0.05, 0) is 45.8 Å². The molecule has 2 aromatic rings. The Morgan fingerprint density at radius 1 is 1.00 bits per heavy atom. The third kappa shape index (κ3) is 3.33. The highest BCUT2D eigenvalue weighted by molar-refractivity contribution is 9.10. The predicted octanol–water partition coefficient (Wildman–Crippen LogP) is 6.29. The van der Waals surface area contributed by atoms with Crippen molar-refractivity contribution in [3.05, 3.63) is 56.5 Å². The Morgan fingerprint density at radius 3 is 2.39 bits per heavy atom. The first kappa shape index (κ1) is 14.0. The minimum absolute atomic E-state index is 0.461. The molecular formula is C13H8BrCl3O. The predicted molar refractivity (Wildman–Crippen MR) is 80.2 cm³/mol. The number of hydrogen-bond donors (Lipinski definition) is 0. The van der Waals surface area contributed by atoms with Crippen LogP contribution < -0.4 is 4.74 Å². The average molecular weight is 366 g/mol. The van der Waals surface area contributed by atoms with Gasteiger partial charge in [-0.25, -0.2) is 0 Å². The van der Waals surface area contributed by atoms with E-state index in [9.17, 15) is 0 Å². The molecule has 0 amide bonds. The van der Waals surface area contributed by atoms with Gasteiger partial charge in [-0.3, -0.25) is 0 Å². The van der Waals surface area contributed by atoms with E-state index in [1.807, 2.05) is 18.2 Å². The van der Waals surface area contributed by atoms with E-state index in [1.54, 1.807) is 18.2 Å². The summed E-state index contributed by atoms with van der Waals surface area (Å²) in [5, 5.41) is 0.961. The number of benzene rings is 2. The molecule has 0 heterocycles. The number of hydrogen-bond acceptors (Lipinski definition) is 1. The Labute approximate surface area is 129 Å². The maximum atomic E-state index is 5.93. The highest BCUT2D eigenvalue weighted by atomic mass is 79.9. The van der Waals surface area contributed by atoms with Crippen molar-refractivity contribution in [3.8, 4) is 11.5 Å². The second-order valence-electron chi connectivity index (χ2n) is 3.58. The number of rotatable bonds is 3. The quantitative estimate of drug-likeness (QED) is 0.580. The molecule has 0 spiro atoms. The summed E-state index contributed by atoms with van der Waals surface area (Å²) in [6, 6.07) is 10.8. The van der Waals surface area contributed by atoms with Crippen LogP contribution in [0.4, 0.5) is 0 Å². The molecule has 0 aliphatic heterocycles. The summed E-state index contributed by atoms with van der Waals surface area (Å²) in [5.41, 5.74) is 1.02. The van der Waals surface area contributed by atoms with E-state index in [-0.39, 0.29) is 0 Å². The van der Waals surface area contributed by atoms with Gasteiger partial charge in [-0.15, -0.1) is 11.6 Å². The highest BCUT2D eigenvalue weighted by Crippen LogP contribution is 2.33. The molecule has 2 aromatic carbocycles. The molecule has 0 fully saturated rings. The van der Waals surface area contributed by atoms with E-state index in [0.29, 0.717) is 27.4 Å². The summed E-state index contributed by atoms with van der Waals surface area (Å²) in [4.78, 5) is 0. The number of alkyl halides is 1. The van der Waals surface area contributed by atoms with Gasteiger partial charge in [0.1, 0.15) is 11.5 Å². The van der Waals surface area contributed by atoms with Crippen molar-refractivity contribution in [2.45, 2.75) is 5.88 Å². The van der Waals surface area contributed by atoms with Crippen molar-refractivity contribution >= 4 is 50.7 Å². The summed E-state index contributed by atoms with van der Waals surface area (Å²) in [6.07, 6.45) is 0. The molecule has 0 atom stereocenters. The smallest absolute Gasteiger partial charge is 0.141 e. The molecule has 94 valence electrons. The zero-order chi connectivity index (χ0) is 13.1. The second kappa shape index (κ2) is 6.16. The van der Waals surface area contributed by atoms with Gasteiger partial charge in [0.05, 0.1) is 14.5 Å². The second-order valence-corrected chi connectivity index (χ2v) is 5.51. The van der Waals surface area contributed by atoms with Crippen molar-refractivity contribution in [2.75, 3.05) is 0 Å². The molecule has 0 saturated heterocycles. The van der Waals surface area contributed by atoms with Crippen molar-refractivity contribution in [2.24, 2.45) is 0 Å². The topological polar surface area (TPSA) is 9.23 Å². The number of halogens is 4. The molecule has 2 rings (SSSR count). The Bertz CT molecular complexity index is 572. The fourth-order valence-electron chi connectivity index (χ4n) is 1.38. The third-order valence-corrected chi connectivity index (χ3v) is 3.94. The normalized spacial score (nSPS) is 10.4. The van der Waals surface area contributed by atoms with Crippen LogP contribution in [0.15, 0.2) is 40.9 Å². The van der Waals surface area contributed by atoms with Crippen LogP contribution in [-0.4, -0.2) is 0 Å². The van der Waals surface area contributed by atoms with E-state index in [4.69, 9.17) is 39.5 Å². The SMILES string of the molecule is ClCc1ccc(Oc2ccc(Cl)c(Cl)c2)c(Br)c1. The van der Waals surface area contributed by atoms with Gasteiger partial charge in [-0.1, -0.05) is 29.3 Å². The van der Waals surface area contributed by atoms with Gasteiger partial charge in [0.2, 0.25) is 0 Å². The van der Waals surface area contributed by atoms with E-state index >= 15 is 0 Å². The molecule has 1 nitrogen and oxygen atoms in total. The van der Waals surface area contributed by atoms with E-state index < -0.39 is 0 Å². The van der Waals surface area contributed by atoms with Crippen LogP contribution in [0, 0.1) is 0 Å². The zero-order valence-corrected chi connectivity index (χ0v) is 12.9. The van der Waals surface area contributed by atoms with Gasteiger partial charge >= 0.3 is 0 Å². The van der Waals surface area contributed by atoms with Crippen LogP contribution in [0.3, 0.4) is 0 Å². The first-order valence-electron chi connectivity index (χ1n) is 5.07. The standard InChI is InChI=1S/C13H8BrCl3O/c14-10-5-8(7-15)1-4-13(10)18-9-2-3-11(16)12(17)6-9/h1-6H,7H2. The van der Waals surface area contributed by atoms with Crippen LogP contribution in [0.5, 0.6) is 11.5 Å². The lowest BCUT2D eigenvalue weighted by molar-refractivity contribution is 0.479. The van der Waals surface area contributed by atoms with Crippen LogP contribution in [0.25, 0.3) is 0 Å². The first-order chi connectivity index (χ1) is 8.60. The molecule has 0 saturated carbocycles. The zero-order valence-electron chi connectivity index (χ0n) is 9.09. The van der Waals surface area contributed by atoms with Gasteiger partial charge in [0, 0.05) is 11.9 Å². The van der Waals surface area contributed by atoms with Crippen LogP contribution in [0.2, 0.25) is 10.0 Å². The highest BCUT2D eigenvalue weighted by Gasteiger charge is 2.06. The Morgan fingerprint density at radius 2 is 1.78 bits per heavy atom. The maximum absolute atomic E-state index is 5.93. The van der Waals surface area contributed by atoms with Gasteiger partial charge < -0.3 is 4.74 Å². The van der Waals surface area contributed by atoms with Crippen molar-refractivity contribution < 1.29 is 4.74 Å². The van der Waals surface area contributed by atoms with Crippen LogP contribution in [-0.2, 0) is 5.88 Å². The van der Waals surface area contributed by atoms with Gasteiger partial charge in [0.15, 0.2) is 0 Å². The molecule has 0 radical (unpaired) electrons. The lowest BCUT2D eigenvalue weighted by Gasteiger charge is -2.09. The largest absolute Gasteiger partial charge is 0.456 e. The fourth-order valence-corrected chi connectivity index (χ4v) is 2.34. The molecular weight excluding hydrogens is 358 g/mol. The number of ether oxygens (including phenoxy) is 1. The summed E-state index contributed by atoms with van der Waals surface area (Å²) < 4.78 is 6.55. The molecule has 0 unspecified atom stereocenters. The average Bonchev–Trinajstić information content (AvgIpc) is 2.36. The maximum Gasteiger partial charge on any atom is 0.141 e. The summed E-state index contributed by atoms with van der Waals surface area (Å²) in [5.74, 6) is 1.79. The lowest BCUT2D eigenvalue weighted by Crippen LogP contribution is -1.87. The molecule has 0 bridgehead atoms. The Kier molecular flexibility index (Phi) is 4.79. The third-order valence-electron chi connectivity index (χ3n) is 2.27. The fraction of sp³-hybridized carbons (Fsp3) is 0.0769. The van der Waals surface area contributed by atoms with Crippen molar-refractivity contribution in [1.82, 2.24) is 0 Å². The Hall–Kier alpha value is -0.410. The first-order valence-corrected chi connectivity index (χ1v) is 7.16. The summed E-state index contributed by atoms with van der Waals surface area (Å²) in [7, 11) is 0. The molecule has 0 aliphatic rings. The minimum atomic E-state index is 0.461. The van der Waals surface area contributed by atoms with Gasteiger partial charge in [0.25, 0.3) is 0 Å². The van der Waals surface area contributed by atoms with Gasteiger partial charge in [-0.2, -0.15) is 0 Å². The van der Waals surface area contributed by atoms with E-state index in [2.05, 4.69) is 15.9 Å². The molecule has 0 aliphatic carbocycles. The molecule has 5 heteroatoms. The van der Waals surface area contributed by atoms with Crippen LogP contribution in [0.1, 0.15) is 5.56 Å². The van der Waals surface area contributed by atoms with E-state index in [0.717, 1.165) is 10.0 Å². The lowest BCUT2D eigenvalue weighted by atomic mass is 10.2. The van der Waals surface area contributed by atoms with Crippen LogP contribution >= 0.6 is 50.7 Å². The summed E-state index contributed by atoms with van der Waals surface area (Å²) >= 11 is 21.0. The van der Waals surface area contributed by atoms with E-state index in [1.165, 1.54) is 0 Å². The van der Waals surface area contributed by atoms with Crippen molar-refractivity contribution in [3.63, 3.8) is 0 Å². The molecule has 0 N–H and O–H groups in total. The molecule has 18 heavy (non-hydrogen) atoms. The Balaban J connectivity index is 2.25. The monoisotopic (exact) mass is 364 g/mol. The molecule has 0 aromatic heterocycles. The van der Waals surface area contributed by atoms with Crippen molar-refractivity contribution in [1.29, 1.82) is 0 Å². The summed E-state index contributed by atoms with van der Waals surface area (Å²) in [6.45, 7) is 0. The minimum Gasteiger partial charge on any atom is -0.456 e.